The van der Waals surface area contributed by atoms with Crippen LogP contribution in [0.4, 0.5) is 0 Å². The summed E-state index contributed by atoms with van der Waals surface area (Å²) in [5.41, 5.74) is 1.11. The summed E-state index contributed by atoms with van der Waals surface area (Å²) in [7, 11) is 3.80. The topological polar surface area (TPSA) is 27.6 Å². The summed E-state index contributed by atoms with van der Waals surface area (Å²) in [5.74, 6) is 0.895. The van der Waals surface area contributed by atoms with E-state index in [1.807, 2.05) is 31.3 Å². The van der Waals surface area contributed by atoms with E-state index >= 15 is 0 Å². The van der Waals surface area contributed by atoms with Crippen molar-refractivity contribution < 1.29 is 0 Å². The van der Waals surface area contributed by atoms with Crippen LogP contribution in [0.1, 0.15) is 18.9 Å². The molecule has 4 heteroatoms. The minimum atomic E-state index is 0.753. The Hall–Kier alpha value is -1.22. The number of hydrogen-bond donors (Lipinski definition) is 1. The van der Waals surface area contributed by atoms with Gasteiger partial charge in [0.05, 0.1) is 0 Å². The van der Waals surface area contributed by atoms with Gasteiger partial charge in [-0.3, -0.25) is 4.99 Å². The lowest BCUT2D eigenvalue weighted by atomic mass is 10.2. The lowest BCUT2D eigenvalue weighted by Gasteiger charge is -2.22. The van der Waals surface area contributed by atoms with Crippen molar-refractivity contribution in [2.45, 2.75) is 19.9 Å². The van der Waals surface area contributed by atoms with Gasteiger partial charge in [0.1, 0.15) is 0 Å². The van der Waals surface area contributed by atoms with Gasteiger partial charge in [0.15, 0.2) is 5.96 Å². The highest BCUT2D eigenvalue weighted by Gasteiger charge is 2.07. The number of guanidine groups is 1. The summed E-state index contributed by atoms with van der Waals surface area (Å²) in [5, 5.41) is 4.09. The summed E-state index contributed by atoms with van der Waals surface area (Å²) >= 11 is 6.13. The second-order valence-electron chi connectivity index (χ2n) is 3.92. The predicted octanol–water partition coefficient (Wildman–Crippen LogP) is 2.76. The summed E-state index contributed by atoms with van der Waals surface area (Å²) in [4.78, 5) is 6.31. The number of nitrogens with one attached hydrogen (secondary N) is 1. The molecule has 0 bridgehead atoms. The van der Waals surface area contributed by atoms with E-state index in [9.17, 15) is 0 Å². The molecule has 0 aliphatic rings. The second-order valence-corrected chi connectivity index (χ2v) is 4.33. The summed E-state index contributed by atoms with van der Waals surface area (Å²) in [6, 6.07) is 7.88. The fraction of sp³-hybridized carbons (Fsp3) is 0.462. The van der Waals surface area contributed by atoms with Gasteiger partial charge in [-0.1, -0.05) is 36.7 Å². The first-order valence-corrected chi connectivity index (χ1v) is 6.22. The molecule has 1 rings (SSSR count). The molecule has 1 aromatic carbocycles. The van der Waals surface area contributed by atoms with E-state index in [1.165, 1.54) is 0 Å². The van der Waals surface area contributed by atoms with Crippen LogP contribution in [-0.4, -0.2) is 31.5 Å². The molecule has 0 spiro atoms. The molecular weight excluding hydrogens is 234 g/mol. The molecule has 0 saturated heterocycles. The first-order valence-electron chi connectivity index (χ1n) is 5.84. The van der Waals surface area contributed by atoms with Crippen LogP contribution in [-0.2, 0) is 6.54 Å². The highest BCUT2D eigenvalue weighted by atomic mass is 35.5. The number of aliphatic imine (C=N–C) groups is 1. The molecule has 0 aliphatic heterocycles. The van der Waals surface area contributed by atoms with Gasteiger partial charge in [-0.15, -0.1) is 0 Å². The normalized spacial score (nSPS) is 11.4. The molecule has 1 N–H and O–H groups in total. The van der Waals surface area contributed by atoms with E-state index in [0.29, 0.717) is 0 Å². The first kappa shape index (κ1) is 13.8. The van der Waals surface area contributed by atoms with Gasteiger partial charge in [0, 0.05) is 32.2 Å². The molecule has 0 saturated carbocycles. The van der Waals surface area contributed by atoms with Crippen molar-refractivity contribution >= 4 is 17.6 Å². The fourth-order valence-corrected chi connectivity index (χ4v) is 1.77. The van der Waals surface area contributed by atoms with Crippen molar-refractivity contribution in [1.29, 1.82) is 0 Å². The van der Waals surface area contributed by atoms with Crippen LogP contribution in [0.25, 0.3) is 0 Å². The lowest BCUT2D eigenvalue weighted by molar-refractivity contribution is 0.477. The summed E-state index contributed by atoms with van der Waals surface area (Å²) in [6.07, 6.45) is 1.08. The second kappa shape index (κ2) is 7.17. The molecule has 0 aromatic heterocycles. The Morgan fingerprint density at radius 3 is 2.71 bits per heavy atom. The van der Waals surface area contributed by atoms with Gasteiger partial charge in [0.2, 0.25) is 0 Å². The number of rotatable bonds is 4. The smallest absolute Gasteiger partial charge is 0.193 e. The van der Waals surface area contributed by atoms with E-state index in [0.717, 1.165) is 36.1 Å². The van der Waals surface area contributed by atoms with Crippen LogP contribution in [0.5, 0.6) is 0 Å². The zero-order chi connectivity index (χ0) is 12.7. The summed E-state index contributed by atoms with van der Waals surface area (Å²) in [6.45, 7) is 3.82. The van der Waals surface area contributed by atoms with Gasteiger partial charge in [-0.25, -0.2) is 0 Å². The molecule has 3 nitrogen and oxygen atoms in total. The number of benzene rings is 1. The molecule has 0 heterocycles. The molecule has 94 valence electrons. The van der Waals surface area contributed by atoms with E-state index in [-0.39, 0.29) is 0 Å². The SMILES string of the molecule is CCCNC(=NC)N(C)Cc1ccccc1Cl. The molecule has 0 amide bonds. The molecular formula is C13H20ClN3. The van der Waals surface area contributed by atoms with Crippen molar-refractivity contribution in [2.75, 3.05) is 20.6 Å². The third-order valence-electron chi connectivity index (χ3n) is 2.47. The van der Waals surface area contributed by atoms with Crippen molar-refractivity contribution in [3.63, 3.8) is 0 Å². The van der Waals surface area contributed by atoms with Gasteiger partial charge < -0.3 is 10.2 Å². The van der Waals surface area contributed by atoms with E-state index in [2.05, 4.69) is 22.1 Å². The van der Waals surface area contributed by atoms with Crippen molar-refractivity contribution in [1.82, 2.24) is 10.2 Å². The third-order valence-corrected chi connectivity index (χ3v) is 2.84. The average molecular weight is 254 g/mol. The fourth-order valence-electron chi connectivity index (χ4n) is 1.58. The quantitative estimate of drug-likeness (QED) is 0.660. The minimum Gasteiger partial charge on any atom is -0.356 e. The molecule has 17 heavy (non-hydrogen) atoms. The Morgan fingerprint density at radius 1 is 1.41 bits per heavy atom. The van der Waals surface area contributed by atoms with Crippen LogP contribution < -0.4 is 5.32 Å². The molecule has 0 fully saturated rings. The van der Waals surface area contributed by atoms with Crippen molar-refractivity contribution in [2.24, 2.45) is 4.99 Å². The molecule has 0 radical (unpaired) electrons. The maximum absolute atomic E-state index is 6.13. The molecule has 0 unspecified atom stereocenters. The maximum atomic E-state index is 6.13. The zero-order valence-electron chi connectivity index (χ0n) is 10.7. The van der Waals surface area contributed by atoms with E-state index < -0.39 is 0 Å². The minimum absolute atomic E-state index is 0.753. The molecule has 0 aliphatic carbocycles. The van der Waals surface area contributed by atoms with Crippen LogP contribution in [0.3, 0.4) is 0 Å². The van der Waals surface area contributed by atoms with Crippen LogP contribution in [0.2, 0.25) is 5.02 Å². The van der Waals surface area contributed by atoms with Gasteiger partial charge >= 0.3 is 0 Å². The Morgan fingerprint density at radius 2 is 2.12 bits per heavy atom. The standard InChI is InChI=1S/C13H20ClN3/c1-4-9-16-13(15-2)17(3)10-11-7-5-6-8-12(11)14/h5-8H,4,9-10H2,1-3H3,(H,15,16). The Bertz CT molecular complexity index is 377. The summed E-state index contributed by atoms with van der Waals surface area (Å²) < 4.78 is 0. The van der Waals surface area contributed by atoms with E-state index in [4.69, 9.17) is 11.6 Å². The Kier molecular flexibility index (Phi) is 5.84. The highest BCUT2D eigenvalue weighted by molar-refractivity contribution is 6.31. The monoisotopic (exact) mass is 253 g/mol. The number of halogens is 1. The lowest BCUT2D eigenvalue weighted by Crippen LogP contribution is -2.38. The van der Waals surface area contributed by atoms with Crippen molar-refractivity contribution in [3.8, 4) is 0 Å². The first-order chi connectivity index (χ1) is 8.19. The Labute approximate surface area is 108 Å². The highest BCUT2D eigenvalue weighted by Crippen LogP contribution is 2.16. The predicted molar refractivity (Wildman–Crippen MR) is 74.6 cm³/mol. The van der Waals surface area contributed by atoms with Gasteiger partial charge in [-0.05, 0) is 18.1 Å². The van der Waals surface area contributed by atoms with Crippen molar-refractivity contribution in [3.05, 3.63) is 34.9 Å². The third kappa shape index (κ3) is 4.27. The van der Waals surface area contributed by atoms with Crippen LogP contribution in [0.15, 0.2) is 29.3 Å². The number of hydrogen-bond acceptors (Lipinski definition) is 1. The largest absolute Gasteiger partial charge is 0.356 e. The van der Waals surface area contributed by atoms with E-state index in [1.54, 1.807) is 7.05 Å². The maximum Gasteiger partial charge on any atom is 0.193 e. The Balaban J connectivity index is 2.64. The van der Waals surface area contributed by atoms with Crippen LogP contribution in [0, 0.1) is 0 Å². The van der Waals surface area contributed by atoms with Gasteiger partial charge in [0.25, 0.3) is 0 Å². The van der Waals surface area contributed by atoms with Gasteiger partial charge in [-0.2, -0.15) is 0 Å². The van der Waals surface area contributed by atoms with Crippen LogP contribution >= 0.6 is 11.6 Å². The molecule has 1 aromatic rings. The average Bonchev–Trinajstić information content (AvgIpc) is 2.33. The number of nitrogens with zero attached hydrogens (tertiary/aromatic N) is 2. The molecule has 0 atom stereocenters. The zero-order valence-corrected chi connectivity index (χ0v) is 11.5.